The van der Waals surface area contributed by atoms with Crippen molar-refractivity contribution in [3.63, 3.8) is 0 Å². The molecule has 0 spiro atoms. The van der Waals surface area contributed by atoms with Gasteiger partial charge in [0.1, 0.15) is 0 Å². The predicted octanol–water partition coefficient (Wildman–Crippen LogP) is 2.06. The van der Waals surface area contributed by atoms with E-state index in [1.165, 1.54) is 32.5 Å². The molecule has 80 valence electrons. The lowest BCUT2D eigenvalue weighted by Gasteiger charge is -2.35. The molecule has 0 aromatic heterocycles. The van der Waals surface area contributed by atoms with Crippen LogP contribution in [0.15, 0.2) is 0 Å². The predicted molar refractivity (Wildman–Crippen MR) is 60.2 cm³/mol. The minimum Gasteiger partial charge on any atom is -0.305 e. The normalized spacial score (nSPS) is 24.0. The van der Waals surface area contributed by atoms with Crippen molar-refractivity contribution in [2.24, 2.45) is 0 Å². The van der Waals surface area contributed by atoms with E-state index >= 15 is 0 Å². The second kappa shape index (κ2) is 7.34. The second-order valence-corrected chi connectivity index (χ2v) is 3.63. The number of nitrogens with zero attached hydrogens (tertiary/aromatic N) is 2. The monoisotopic (exact) mass is 186 g/mol. The molecular weight excluding hydrogens is 160 g/mol. The summed E-state index contributed by atoms with van der Waals surface area (Å²) < 4.78 is 0. The van der Waals surface area contributed by atoms with E-state index in [1.807, 2.05) is 13.8 Å². The molecule has 0 aliphatic carbocycles. The summed E-state index contributed by atoms with van der Waals surface area (Å²) in [4.78, 5) is 4.88. The van der Waals surface area contributed by atoms with Gasteiger partial charge in [0, 0.05) is 12.6 Å². The Bertz CT molecular complexity index is 115. The first kappa shape index (κ1) is 12.9. The van der Waals surface area contributed by atoms with Gasteiger partial charge in [-0.1, -0.05) is 20.8 Å². The van der Waals surface area contributed by atoms with E-state index in [0.29, 0.717) is 0 Å². The van der Waals surface area contributed by atoms with Gasteiger partial charge in [0.2, 0.25) is 0 Å². The highest BCUT2D eigenvalue weighted by Crippen LogP contribution is 2.12. The molecule has 1 heterocycles. The third-order valence-corrected chi connectivity index (χ3v) is 2.72. The van der Waals surface area contributed by atoms with Gasteiger partial charge in [-0.2, -0.15) is 0 Å². The van der Waals surface area contributed by atoms with Crippen LogP contribution in [0.1, 0.15) is 33.6 Å². The Kier molecular flexibility index (Phi) is 7.29. The van der Waals surface area contributed by atoms with Crippen molar-refractivity contribution in [2.45, 2.75) is 39.7 Å². The molecule has 0 aromatic carbocycles. The van der Waals surface area contributed by atoms with Crippen molar-refractivity contribution in [3.8, 4) is 0 Å². The maximum atomic E-state index is 2.45. The fourth-order valence-electron chi connectivity index (χ4n) is 1.76. The van der Waals surface area contributed by atoms with Crippen LogP contribution in [0.3, 0.4) is 0 Å². The minimum atomic E-state index is 0.804. The third-order valence-electron chi connectivity index (χ3n) is 2.72. The summed E-state index contributed by atoms with van der Waals surface area (Å²) in [6.45, 7) is 9.95. The highest BCUT2D eigenvalue weighted by Gasteiger charge is 2.19. The van der Waals surface area contributed by atoms with Gasteiger partial charge in [-0.25, -0.2) is 0 Å². The minimum absolute atomic E-state index is 0.804. The molecule has 2 heteroatoms. The Morgan fingerprint density at radius 2 is 2.00 bits per heavy atom. The molecule has 0 saturated carbocycles. The Balaban J connectivity index is 0.000000671. The van der Waals surface area contributed by atoms with Crippen molar-refractivity contribution >= 4 is 0 Å². The molecule has 1 aliphatic heterocycles. The Morgan fingerprint density at radius 1 is 1.38 bits per heavy atom. The number of rotatable bonds is 2. The Hall–Kier alpha value is -0.0800. The molecule has 2 nitrogen and oxygen atoms in total. The Labute approximate surface area is 83.9 Å². The molecule has 1 saturated heterocycles. The lowest BCUT2D eigenvalue weighted by Crippen LogP contribution is -2.44. The summed E-state index contributed by atoms with van der Waals surface area (Å²) in [7, 11) is 4.44. The van der Waals surface area contributed by atoms with Crippen LogP contribution in [0.5, 0.6) is 0 Å². The maximum Gasteiger partial charge on any atom is 0.0220 e. The zero-order valence-corrected chi connectivity index (χ0v) is 10.0. The van der Waals surface area contributed by atoms with Crippen LogP contribution >= 0.6 is 0 Å². The van der Waals surface area contributed by atoms with E-state index in [9.17, 15) is 0 Å². The standard InChI is InChI=1S/C9H20N2.C2H6/c1-4-11(3)9-6-5-7-10(2)8-9;1-2/h9H,4-8H2,1-3H3;1-2H3. The third kappa shape index (κ3) is 4.63. The van der Waals surface area contributed by atoms with E-state index < -0.39 is 0 Å². The van der Waals surface area contributed by atoms with Crippen LogP contribution in [0.4, 0.5) is 0 Å². The average Bonchev–Trinajstić information content (AvgIpc) is 2.20. The smallest absolute Gasteiger partial charge is 0.0220 e. The van der Waals surface area contributed by atoms with Gasteiger partial charge in [0.05, 0.1) is 0 Å². The van der Waals surface area contributed by atoms with Crippen molar-refractivity contribution in [2.75, 3.05) is 33.7 Å². The SMILES string of the molecule is CC.CCN(C)C1CCCN(C)C1. The molecular formula is C11H26N2. The molecule has 1 atom stereocenters. The highest BCUT2D eigenvalue weighted by molar-refractivity contribution is 4.76. The van der Waals surface area contributed by atoms with E-state index in [1.54, 1.807) is 0 Å². The Morgan fingerprint density at radius 3 is 2.46 bits per heavy atom. The summed E-state index contributed by atoms with van der Waals surface area (Å²) in [5.74, 6) is 0. The van der Waals surface area contributed by atoms with Gasteiger partial charge in [-0.15, -0.1) is 0 Å². The van der Waals surface area contributed by atoms with E-state index in [4.69, 9.17) is 0 Å². The van der Waals surface area contributed by atoms with Crippen molar-refractivity contribution < 1.29 is 0 Å². The van der Waals surface area contributed by atoms with Crippen LogP contribution in [-0.2, 0) is 0 Å². The zero-order chi connectivity index (χ0) is 10.3. The van der Waals surface area contributed by atoms with Crippen molar-refractivity contribution in [3.05, 3.63) is 0 Å². The van der Waals surface area contributed by atoms with Crippen LogP contribution in [0, 0.1) is 0 Å². The summed E-state index contributed by atoms with van der Waals surface area (Å²) in [5, 5.41) is 0. The first-order chi connectivity index (χ1) is 6.24. The first-order valence-corrected chi connectivity index (χ1v) is 5.62. The number of hydrogen-bond acceptors (Lipinski definition) is 2. The second-order valence-electron chi connectivity index (χ2n) is 3.63. The molecule has 1 aliphatic rings. The topological polar surface area (TPSA) is 6.48 Å². The molecule has 0 radical (unpaired) electrons. The fourth-order valence-corrected chi connectivity index (χ4v) is 1.76. The van der Waals surface area contributed by atoms with Gasteiger partial charge in [0.25, 0.3) is 0 Å². The number of likely N-dealkylation sites (N-methyl/N-ethyl adjacent to an activating group) is 2. The fraction of sp³-hybridized carbons (Fsp3) is 1.00. The van der Waals surface area contributed by atoms with Crippen molar-refractivity contribution in [1.29, 1.82) is 0 Å². The quantitative estimate of drug-likeness (QED) is 0.651. The molecule has 1 fully saturated rings. The summed E-state index contributed by atoms with van der Waals surface area (Å²) in [5.41, 5.74) is 0. The largest absolute Gasteiger partial charge is 0.305 e. The molecule has 0 aromatic rings. The van der Waals surface area contributed by atoms with Gasteiger partial charge in [0.15, 0.2) is 0 Å². The number of hydrogen-bond donors (Lipinski definition) is 0. The molecule has 0 bridgehead atoms. The van der Waals surface area contributed by atoms with Crippen molar-refractivity contribution in [1.82, 2.24) is 9.80 Å². The summed E-state index contributed by atoms with van der Waals surface area (Å²) in [6, 6.07) is 0.804. The molecule has 0 amide bonds. The molecule has 1 rings (SSSR count). The zero-order valence-electron chi connectivity index (χ0n) is 10.0. The van der Waals surface area contributed by atoms with Gasteiger partial charge in [-0.3, -0.25) is 0 Å². The van der Waals surface area contributed by atoms with E-state index in [-0.39, 0.29) is 0 Å². The van der Waals surface area contributed by atoms with E-state index in [0.717, 1.165) is 6.04 Å². The first-order valence-electron chi connectivity index (χ1n) is 5.62. The molecule has 0 N–H and O–H groups in total. The van der Waals surface area contributed by atoms with Crippen LogP contribution in [0.2, 0.25) is 0 Å². The average molecular weight is 186 g/mol. The summed E-state index contributed by atoms with van der Waals surface area (Å²) in [6.07, 6.45) is 2.75. The van der Waals surface area contributed by atoms with Gasteiger partial charge < -0.3 is 9.80 Å². The lowest BCUT2D eigenvalue weighted by atomic mass is 10.1. The highest BCUT2D eigenvalue weighted by atomic mass is 15.2. The molecule has 1 unspecified atom stereocenters. The maximum absolute atomic E-state index is 2.45. The van der Waals surface area contributed by atoms with E-state index in [2.05, 4.69) is 30.8 Å². The lowest BCUT2D eigenvalue weighted by molar-refractivity contribution is 0.139. The van der Waals surface area contributed by atoms with Gasteiger partial charge >= 0.3 is 0 Å². The number of likely N-dealkylation sites (tertiary alicyclic amines) is 1. The van der Waals surface area contributed by atoms with Gasteiger partial charge in [-0.05, 0) is 40.0 Å². The van der Waals surface area contributed by atoms with Crippen LogP contribution in [-0.4, -0.2) is 49.6 Å². The molecule has 13 heavy (non-hydrogen) atoms. The summed E-state index contributed by atoms with van der Waals surface area (Å²) >= 11 is 0. The van der Waals surface area contributed by atoms with Crippen LogP contribution < -0.4 is 0 Å². The number of piperidine rings is 1. The van der Waals surface area contributed by atoms with Crippen LogP contribution in [0.25, 0.3) is 0 Å².